The SMILES string of the molecule is CN1CCN(C(=O)c2ccc3c(c2)[nH]c2c(CC(N)=O)ccc(-c4cccc5c(N)cccc45)c23)CC1. The topological polar surface area (TPSA) is 108 Å². The van der Waals surface area contributed by atoms with Crippen molar-refractivity contribution in [2.75, 3.05) is 39.0 Å². The maximum atomic E-state index is 13.3. The lowest BCUT2D eigenvalue weighted by Crippen LogP contribution is -2.47. The van der Waals surface area contributed by atoms with Crippen molar-refractivity contribution in [1.82, 2.24) is 14.8 Å². The number of anilines is 1. The number of nitrogens with one attached hydrogen (secondary N) is 1. The Balaban J connectivity index is 1.55. The van der Waals surface area contributed by atoms with Crippen LogP contribution in [0.25, 0.3) is 43.7 Å². The van der Waals surface area contributed by atoms with Crippen molar-refractivity contribution < 1.29 is 9.59 Å². The molecule has 0 atom stereocenters. The van der Waals surface area contributed by atoms with Crippen molar-refractivity contribution in [3.63, 3.8) is 0 Å². The number of carbonyl (C=O) groups excluding carboxylic acids is 2. The fraction of sp³-hybridized carbons (Fsp3) is 0.200. The Morgan fingerprint density at radius 1 is 0.865 bits per heavy atom. The molecular formula is C30H29N5O2. The summed E-state index contributed by atoms with van der Waals surface area (Å²) >= 11 is 0. The molecule has 0 spiro atoms. The number of likely N-dealkylation sites (N-methyl/N-ethyl adjacent to an activating group) is 1. The minimum absolute atomic E-state index is 0.0377. The third kappa shape index (κ3) is 3.97. The van der Waals surface area contributed by atoms with Crippen LogP contribution in [0, 0.1) is 0 Å². The van der Waals surface area contributed by atoms with Crippen LogP contribution in [0.4, 0.5) is 5.69 Å². The zero-order chi connectivity index (χ0) is 25.7. The van der Waals surface area contributed by atoms with Crippen LogP contribution in [-0.2, 0) is 11.2 Å². The maximum absolute atomic E-state index is 13.3. The number of aromatic amines is 1. The van der Waals surface area contributed by atoms with Gasteiger partial charge >= 0.3 is 0 Å². The fourth-order valence-corrected chi connectivity index (χ4v) is 5.52. The molecule has 1 aromatic heterocycles. The Hall–Kier alpha value is -4.36. The molecule has 1 fully saturated rings. The summed E-state index contributed by atoms with van der Waals surface area (Å²) in [5.41, 5.74) is 17.9. The number of nitrogen functional groups attached to an aromatic ring is 1. The van der Waals surface area contributed by atoms with E-state index < -0.39 is 5.91 Å². The number of hydrogen-bond acceptors (Lipinski definition) is 4. The lowest BCUT2D eigenvalue weighted by Gasteiger charge is -2.32. The van der Waals surface area contributed by atoms with Crippen LogP contribution in [0.3, 0.4) is 0 Å². The first-order chi connectivity index (χ1) is 17.9. The summed E-state index contributed by atoms with van der Waals surface area (Å²) in [5, 5.41) is 4.05. The minimum atomic E-state index is -0.392. The first-order valence-electron chi connectivity index (χ1n) is 12.5. The number of H-pyrrole nitrogens is 1. The summed E-state index contributed by atoms with van der Waals surface area (Å²) in [7, 11) is 2.07. The van der Waals surface area contributed by atoms with Gasteiger partial charge in [0.25, 0.3) is 5.91 Å². The van der Waals surface area contributed by atoms with Gasteiger partial charge in [0.2, 0.25) is 5.91 Å². The van der Waals surface area contributed by atoms with E-state index in [0.717, 1.165) is 81.1 Å². The number of primary amides is 1. The molecule has 1 aliphatic rings. The Kier molecular flexibility index (Phi) is 5.57. The van der Waals surface area contributed by atoms with Crippen LogP contribution in [0.1, 0.15) is 15.9 Å². The summed E-state index contributed by atoms with van der Waals surface area (Å²) in [4.78, 5) is 32.8. The average molecular weight is 492 g/mol. The normalized spacial score (nSPS) is 14.6. The fourth-order valence-electron chi connectivity index (χ4n) is 5.52. The average Bonchev–Trinajstić information content (AvgIpc) is 3.28. The number of hydrogen-bond donors (Lipinski definition) is 3. The standard InChI is InChI=1S/C30H29N5O2/c1-34-12-14-35(15-13-34)30(37)19-9-11-24-26(16-19)33-29-18(17-27(32)36)8-10-23(28(24)29)21-4-2-6-22-20(21)5-3-7-25(22)31/h2-11,16,33H,12-15,17,31H2,1H3,(H2,32,36). The number of carbonyl (C=O) groups is 2. The van der Waals surface area contributed by atoms with Gasteiger partial charge in [-0.2, -0.15) is 0 Å². The molecule has 7 nitrogen and oxygen atoms in total. The Labute approximate surface area is 214 Å². The molecule has 2 amide bonds. The van der Waals surface area contributed by atoms with Crippen LogP contribution < -0.4 is 11.5 Å². The molecule has 5 N–H and O–H groups in total. The van der Waals surface area contributed by atoms with Gasteiger partial charge in [-0.3, -0.25) is 9.59 Å². The third-order valence-corrected chi connectivity index (χ3v) is 7.49. The molecule has 186 valence electrons. The molecule has 37 heavy (non-hydrogen) atoms. The minimum Gasteiger partial charge on any atom is -0.398 e. The van der Waals surface area contributed by atoms with Gasteiger partial charge in [0.05, 0.1) is 11.9 Å². The van der Waals surface area contributed by atoms with E-state index in [9.17, 15) is 9.59 Å². The summed E-state index contributed by atoms with van der Waals surface area (Å²) in [5.74, 6) is -0.354. The van der Waals surface area contributed by atoms with Crippen LogP contribution in [0.5, 0.6) is 0 Å². The maximum Gasteiger partial charge on any atom is 0.254 e. The zero-order valence-electron chi connectivity index (χ0n) is 20.8. The molecule has 0 aliphatic carbocycles. The van der Waals surface area contributed by atoms with Gasteiger partial charge in [0, 0.05) is 59.1 Å². The monoisotopic (exact) mass is 491 g/mol. The highest BCUT2D eigenvalue weighted by molar-refractivity contribution is 6.19. The Bertz CT molecular complexity index is 1700. The number of piperazine rings is 1. The van der Waals surface area contributed by atoms with Gasteiger partial charge in [-0.15, -0.1) is 0 Å². The highest BCUT2D eigenvalue weighted by Gasteiger charge is 2.22. The van der Waals surface area contributed by atoms with Crippen LogP contribution in [0.2, 0.25) is 0 Å². The van der Waals surface area contributed by atoms with Crippen molar-refractivity contribution in [2.24, 2.45) is 5.73 Å². The molecule has 0 unspecified atom stereocenters. The second-order valence-electron chi connectivity index (χ2n) is 9.89. The zero-order valence-corrected chi connectivity index (χ0v) is 20.8. The first-order valence-corrected chi connectivity index (χ1v) is 12.5. The molecule has 0 bridgehead atoms. The lowest BCUT2D eigenvalue weighted by atomic mass is 9.92. The van der Waals surface area contributed by atoms with E-state index in [1.165, 1.54) is 0 Å². The molecule has 7 heteroatoms. The molecule has 2 heterocycles. The smallest absolute Gasteiger partial charge is 0.254 e. The quantitative estimate of drug-likeness (QED) is 0.328. The number of aromatic nitrogens is 1. The van der Waals surface area contributed by atoms with Gasteiger partial charge in [-0.1, -0.05) is 48.5 Å². The van der Waals surface area contributed by atoms with E-state index in [1.54, 1.807) is 0 Å². The summed E-state index contributed by atoms with van der Waals surface area (Å²) < 4.78 is 0. The summed E-state index contributed by atoms with van der Waals surface area (Å²) in [6.45, 7) is 3.18. The van der Waals surface area contributed by atoms with Crippen molar-refractivity contribution in [3.8, 4) is 11.1 Å². The van der Waals surface area contributed by atoms with Crippen molar-refractivity contribution >= 4 is 50.1 Å². The van der Waals surface area contributed by atoms with Gasteiger partial charge in [-0.05, 0) is 47.3 Å². The Morgan fingerprint density at radius 3 is 2.41 bits per heavy atom. The molecule has 0 saturated carbocycles. The van der Waals surface area contributed by atoms with Crippen LogP contribution in [0.15, 0.2) is 66.7 Å². The second-order valence-corrected chi connectivity index (χ2v) is 9.89. The summed E-state index contributed by atoms with van der Waals surface area (Å²) in [6, 6.07) is 21.9. The predicted molar refractivity (Wildman–Crippen MR) is 149 cm³/mol. The van der Waals surface area contributed by atoms with E-state index in [4.69, 9.17) is 11.5 Å². The van der Waals surface area contributed by atoms with E-state index in [2.05, 4.69) is 35.1 Å². The number of amides is 2. The van der Waals surface area contributed by atoms with E-state index in [0.29, 0.717) is 5.56 Å². The predicted octanol–water partition coefficient (Wildman–Crippen LogP) is 4.14. The Morgan fingerprint density at radius 2 is 1.62 bits per heavy atom. The first kappa shape index (κ1) is 23.1. The third-order valence-electron chi connectivity index (χ3n) is 7.49. The van der Waals surface area contributed by atoms with Crippen LogP contribution >= 0.6 is 0 Å². The molecule has 5 aromatic rings. The number of nitrogens with zero attached hydrogens (tertiary/aromatic N) is 2. The number of benzene rings is 4. The largest absolute Gasteiger partial charge is 0.398 e. The number of fused-ring (bicyclic) bond motifs is 4. The van der Waals surface area contributed by atoms with Gasteiger partial charge in [-0.25, -0.2) is 0 Å². The van der Waals surface area contributed by atoms with E-state index in [-0.39, 0.29) is 12.3 Å². The molecule has 1 saturated heterocycles. The summed E-state index contributed by atoms with van der Waals surface area (Å²) in [6.07, 6.45) is 0.124. The number of nitrogens with two attached hydrogens (primary N) is 2. The van der Waals surface area contributed by atoms with E-state index in [1.807, 2.05) is 53.4 Å². The second kappa shape index (κ2) is 8.94. The van der Waals surface area contributed by atoms with Gasteiger partial charge in [0.1, 0.15) is 0 Å². The molecule has 1 aliphatic heterocycles. The van der Waals surface area contributed by atoms with Crippen molar-refractivity contribution in [3.05, 3.63) is 77.9 Å². The lowest BCUT2D eigenvalue weighted by molar-refractivity contribution is -0.117. The van der Waals surface area contributed by atoms with Crippen LogP contribution in [-0.4, -0.2) is 59.8 Å². The highest BCUT2D eigenvalue weighted by atomic mass is 16.2. The molecule has 0 radical (unpaired) electrons. The van der Waals surface area contributed by atoms with Gasteiger partial charge < -0.3 is 26.3 Å². The molecular weight excluding hydrogens is 462 g/mol. The molecule has 4 aromatic carbocycles. The molecule has 6 rings (SSSR count). The van der Waals surface area contributed by atoms with Crippen molar-refractivity contribution in [1.29, 1.82) is 0 Å². The van der Waals surface area contributed by atoms with Crippen molar-refractivity contribution in [2.45, 2.75) is 6.42 Å². The van der Waals surface area contributed by atoms with Gasteiger partial charge in [0.15, 0.2) is 0 Å². The number of rotatable bonds is 4. The van der Waals surface area contributed by atoms with E-state index >= 15 is 0 Å². The highest BCUT2D eigenvalue weighted by Crippen LogP contribution is 2.40.